The number of carbonyl (C=O) groups excluding carboxylic acids is 1. The number of pyridine rings is 1. The normalized spacial score (nSPS) is 16.8. The van der Waals surface area contributed by atoms with Crippen LogP contribution >= 0.6 is 0 Å². The molecule has 116 valence electrons. The molecule has 1 aromatic carbocycles. The molecular weight excluding hydrogens is 278 g/mol. The van der Waals surface area contributed by atoms with Crippen LogP contribution in [0.1, 0.15) is 23.2 Å². The zero-order valence-electron chi connectivity index (χ0n) is 12.5. The Morgan fingerprint density at radius 2 is 2.14 bits per heavy atom. The first-order chi connectivity index (χ1) is 10.7. The number of rotatable bonds is 4. The van der Waals surface area contributed by atoms with Gasteiger partial charge in [-0.1, -0.05) is 12.1 Å². The summed E-state index contributed by atoms with van der Waals surface area (Å²) in [5.41, 5.74) is 0.689. The number of hydrogen-bond acceptors (Lipinski definition) is 4. The number of nitrogens with zero attached hydrogens (tertiary/aromatic N) is 2. The lowest BCUT2D eigenvalue weighted by atomic mass is 10.1. The number of aliphatic hydroxyl groups excluding tert-OH is 1. The van der Waals surface area contributed by atoms with Crippen molar-refractivity contribution in [1.82, 2.24) is 15.2 Å². The van der Waals surface area contributed by atoms with Gasteiger partial charge in [0.1, 0.15) is 0 Å². The highest BCUT2D eigenvalue weighted by molar-refractivity contribution is 6.06. The van der Waals surface area contributed by atoms with Crippen LogP contribution in [0, 0.1) is 0 Å². The van der Waals surface area contributed by atoms with E-state index in [9.17, 15) is 9.90 Å². The molecule has 5 nitrogen and oxygen atoms in total. The molecule has 3 rings (SSSR count). The summed E-state index contributed by atoms with van der Waals surface area (Å²) in [5.74, 6) is -0.0474. The molecule has 22 heavy (non-hydrogen) atoms. The molecule has 0 spiro atoms. The van der Waals surface area contributed by atoms with Crippen molar-refractivity contribution in [3.05, 3.63) is 42.2 Å². The van der Waals surface area contributed by atoms with Crippen molar-refractivity contribution in [2.24, 2.45) is 0 Å². The average molecular weight is 299 g/mol. The summed E-state index contributed by atoms with van der Waals surface area (Å²) in [7, 11) is 0. The Labute approximate surface area is 130 Å². The van der Waals surface area contributed by atoms with Crippen LogP contribution < -0.4 is 5.32 Å². The monoisotopic (exact) mass is 299 g/mol. The highest BCUT2D eigenvalue weighted by atomic mass is 16.3. The maximum Gasteiger partial charge on any atom is 0.251 e. The number of piperidine rings is 1. The van der Waals surface area contributed by atoms with Crippen molar-refractivity contribution in [1.29, 1.82) is 0 Å². The lowest BCUT2D eigenvalue weighted by Crippen LogP contribution is -2.40. The van der Waals surface area contributed by atoms with Gasteiger partial charge in [0.25, 0.3) is 5.91 Å². The topological polar surface area (TPSA) is 65.5 Å². The van der Waals surface area contributed by atoms with Crippen molar-refractivity contribution in [3.8, 4) is 0 Å². The van der Waals surface area contributed by atoms with E-state index in [0.29, 0.717) is 12.1 Å². The molecule has 1 saturated heterocycles. The average Bonchev–Trinajstić information content (AvgIpc) is 2.56. The zero-order chi connectivity index (χ0) is 15.4. The first-order valence-electron chi connectivity index (χ1n) is 7.75. The summed E-state index contributed by atoms with van der Waals surface area (Å²) >= 11 is 0. The van der Waals surface area contributed by atoms with Gasteiger partial charge in [0.15, 0.2) is 0 Å². The lowest BCUT2D eigenvalue weighted by Gasteiger charge is -2.29. The molecule has 1 aliphatic rings. The first kappa shape index (κ1) is 14.9. The smallest absolute Gasteiger partial charge is 0.251 e. The summed E-state index contributed by atoms with van der Waals surface area (Å²) in [6, 6.07) is 7.55. The third-order valence-corrected chi connectivity index (χ3v) is 4.20. The number of hydrogen-bond donors (Lipinski definition) is 2. The molecular formula is C17H21N3O2. The van der Waals surface area contributed by atoms with E-state index in [1.54, 1.807) is 12.4 Å². The van der Waals surface area contributed by atoms with Crippen LogP contribution in [-0.2, 0) is 0 Å². The molecule has 1 aromatic heterocycles. The summed E-state index contributed by atoms with van der Waals surface area (Å²) in [6.45, 7) is 3.25. The minimum atomic E-state index is -0.157. The summed E-state index contributed by atoms with van der Waals surface area (Å²) < 4.78 is 0. The van der Waals surface area contributed by atoms with Gasteiger partial charge in [-0.15, -0.1) is 0 Å². The van der Waals surface area contributed by atoms with Gasteiger partial charge >= 0.3 is 0 Å². The van der Waals surface area contributed by atoms with E-state index < -0.39 is 0 Å². The van der Waals surface area contributed by atoms with Crippen LogP contribution in [-0.4, -0.2) is 53.2 Å². The highest BCUT2D eigenvalue weighted by Crippen LogP contribution is 2.17. The molecule has 5 heteroatoms. The number of aromatic nitrogens is 1. The van der Waals surface area contributed by atoms with Gasteiger partial charge in [-0.25, -0.2) is 0 Å². The fraction of sp³-hybridized carbons (Fsp3) is 0.412. The van der Waals surface area contributed by atoms with E-state index >= 15 is 0 Å². The van der Waals surface area contributed by atoms with Crippen LogP contribution in [0.2, 0.25) is 0 Å². The molecule has 1 amide bonds. The third kappa shape index (κ3) is 3.43. The summed E-state index contributed by atoms with van der Waals surface area (Å²) in [5, 5.41) is 14.4. The van der Waals surface area contributed by atoms with Crippen LogP contribution in [0.25, 0.3) is 10.8 Å². The second-order valence-electron chi connectivity index (χ2n) is 5.73. The second kappa shape index (κ2) is 6.85. The van der Waals surface area contributed by atoms with Crippen LogP contribution in [0.5, 0.6) is 0 Å². The van der Waals surface area contributed by atoms with E-state index in [-0.39, 0.29) is 12.0 Å². The van der Waals surface area contributed by atoms with Crippen molar-refractivity contribution in [3.63, 3.8) is 0 Å². The lowest BCUT2D eigenvalue weighted by molar-refractivity contribution is 0.0805. The van der Waals surface area contributed by atoms with Gasteiger partial charge in [-0.2, -0.15) is 0 Å². The number of nitrogens with one attached hydrogen (secondary N) is 1. The summed E-state index contributed by atoms with van der Waals surface area (Å²) in [4.78, 5) is 18.7. The standard InChI is InChI=1S/C17H21N3O2/c21-14-5-9-20(10-6-14)11-8-19-17(22)16-3-1-2-13-12-18-7-4-15(13)16/h1-4,7,12,14,21H,5-6,8-11H2,(H,19,22). The zero-order valence-corrected chi connectivity index (χ0v) is 12.5. The van der Waals surface area contributed by atoms with E-state index in [1.807, 2.05) is 24.3 Å². The van der Waals surface area contributed by atoms with E-state index in [0.717, 1.165) is 43.2 Å². The van der Waals surface area contributed by atoms with E-state index in [2.05, 4.69) is 15.2 Å². The van der Waals surface area contributed by atoms with Gasteiger partial charge in [-0.3, -0.25) is 9.78 Å². The Balaban J connectivity index is 1.57. The number of amides is 1. The molecule has 1 aliphatic heterocycles. The van der Waals surface area contributed by atoms with Gasteiger partial charge in [-0.05, 0) is 30.4 Å². The molecule has 2 heterocycles. The Kier molecular flexibility index (Phi) is 4.65. The number of likely N-dealkylation sites (tertiary alicyclic amines) is 1. The predicted octanol–water partition coefficient (Wildman–Crippen LogP) is 1.42. The Morgan fingerprint density at radius 1 is 1.32 bits per heavy atom. The Bertz CT molecular complexity index is 646. The maximum atomic E-state index is 12.4. The van der Waals surface area contributed by atoms with Crippen molar-refractivity contribution >= 4 is 16.7 Å². The number of carbonyl (C=O) groups is 1. The number of benzene rings is 1. The molecule has 0 bridgehead atoms. The molecule has 2 N–H and O–H groups in total. The first-order valence-corrected chi connectivity index (χ1v) is 7.75. The van der Waals surface area contributed by atoms with Gasteiger partial charge in [0.05, 0.1) is 6.10 Å². The Hall–Kier alpha value is -1.98. The van der Waals surface area contributed by atoms with Crippen LogP contribution in [0.3, 0.4) is 0 Å². The van der Waals surface area contributed by atoms with E-state index in [4.69, 9.17) is 0 Å². The van der Waals surface area contributed by atoms with Crippen LogP contribution in [0.4, 0.5) is 0 Å². The molecule has 0 aliphatic carbocycles. The van der Waals surface area contributed by atoms with E-state index in [1.165, 1.54) is 0 Å². The molecule has 2 aromatic rings. The predicted molar refractivity (Wildman–Crippen MR) is 85.8 cm³/mol. The minimum absolute atomic E-state index is 0.0474. The maximum absolute atomic E-state index is 12.4. The van der Waals surface area contributed by atoms with Crippen LogP contribution in [0.15, 0.2) is 36.7 Å². The Morgan fingerprint density at radius 3 is 2.95 bits per heavy atom. The number of aliphatic hydroxyl groups is 1. The fourth-order valence-electron chi connectivity index (χ4n) is 2.89. The molecule has 1 fully saturated rings. The van der Waals surface area contributed by atoms with Crippen molar-refractivity contribution < 1.29 is 9.90 Å². The third-order valence-electron chi connectivity index (χ3n) is 4.20. The number of fused-ring (bicyclic) bond motifs is 1. The molecule has 0 atom stereocenters. The van der Waals surface area contributed by atoms with Gasteiger partial charge < -0.3 is 15.3 Å². The fourth-order valence-corrected chi connectivity index (χ4v) is 2.89. The SMILES string of the molecule is O=C(NCCN1CCC(O)CC1)c1cccc2cnccc12. The second-order valence-corrected chi connectivity index (χ2v) is 5.73. The van der Waals surface area contributed by atoms with Crippen molar-refractivity contribution in [2.45, 2.75) is 18.9 Å². The molecule has 0 saturated carbocycles. The summed E-state index contributed by atoms with van der Waals surface area (Å²) in [6.07, 6.45) is 4.97. The van der Waals surface area contributed by atoms with Crippen molar-refractivity contribution in [2.75, 3.05) is 26.2 Å². The minimum Gasteiger partial charge on any atom is -0.393 e. The molecule has 0 unspecified atom stereocenters. The van der Waals surface area contributed by atoms with Gasteiger partial charge in [0.2, 0.25) is 0 Å². The van der Waals surface area contributed by atoms with Gasteiger partial charge in [0, 0.05) is 49.5 Å². The molecule has 0 radical (unpaired) electrons. The highest BCUT2D eigenvalue weighted by Gasteiger charge is 2.16. The largest absolute Gasteiger partial charge is 0.393 e. The quantitative estimate of drug-likeness (QED) is 0.896.